The van der Waals surface area contributed by atoms with Crippen molar-refractivity contribution >= 4 is 16.9 Å². The number of benzene rings is 2. The minimum absolute atomic E-state index is 0.126. The molecule has 0 radical (unpaired) electrons. The van der Waals surface area contributed by atoms with Gasteiger partial charge < -0.3 is 0 Å². The van der Waals surface area contributed by atoms with Gasteiger partial charge in [-0.05, 0) is 72.3 Å². The Morgan fingerprint density at radius 3 is 1.25 bits per heavy atom. The summed E-state index contributed by atoms with van der Waals surface area (Å²) in [7, 11) is 0. The molecule has 0 N–H and O–H groups in total. The van der Waals surface area contributed by atoms with Gasteiger partial charge in [0.25, 0.3) is 0 Å². The highest BCUT2D eigenvalue weighted by atomic mass is 16.1. The van der Waals surface area contributed by atoms with Crippen molar-refractivity contribution in [1.82, 2.24) is 0 Å². The van der Waals surface area contributed by atoms with Crippen LogP contribution in [0.3, 0.4) is 0 Å². The SMILES string of the molecule is CC#CC#CC#CC1=C(c2ccccc2)C(=O)C(c2ccccc2)=C1C#CC#CC#CC. The number of ketones is 1. The Balaban J connectivity index is 2.29. The lowest BCUT2D eigenvalue weighted by molar-refractivity contribution is -0.108. The minimum atomic E-state index is -0.126. The lowest BCUT2D eigenvalue weighted by Crippen LogP contribution is -2.01. The fraction of sp³-hybridized carbons (Fsp3) is 0.0645. The van der Waals surface area contributed by atoms with Crippen LogP contribution in [0.4, 0.5) is 0 Å². The van der Waals surface area contributed by atoms with Crippen LogP contribution in [0.25, 0.3) is 11.1 Å². The summed E-state index contributed by atoms with van der Waals surface area (Å²) in [4.78, 5) is 13.6. The zero-order chi connectivity index (χ0) is 22.6. The van der Waals surface area contributed by atoms with E-state index in [1.165, 1.54) is 0 Å². The van der Waals surface area contributed by atoms with Gasteiger partial charge in [-0.1, -0.05) is 84.3 Å². The van der Waals surface area contributed by atoms with E-state index in [-0.39, 0.29) is 5.78 Å². The summed E-state index contributed by atoms with van der Waals surface area (Å²) in [5.74, 6) is 33.1. The number of allylic oxidation sites excluding steroid dienone is 4. The van der Waals surface area contributed by atoms with Gasteiger partial charge in [-0.2, -0.15) is 0 Å². The molecule has 0 heterocycles. The molecule has 0 aliphatic heterocycles. The molecule has 1 nitrogen and oxygen atoms in total. The largest absolute Gasteiger partial charge is 0.288 e. The van der Waals surface area contributed by atoms with Crippen molar-refractivity contribution in [2.24, 2.45) is 0 Å². The van der Waals surface area contributed by atoms with Gasteiger partial charge in [0.15, 0.2) is 5.78 Å². The van der Waals surface area contributed by atoms with Crippen LogP contribution in [0.5, 0.6) is 0 Å². The maximum Gasteiger partial charge on any atom is 0.196 e. The van der Waals surface area contributed by atoms with Gasteiger partial charge in [0.05, 0.1) is 11.1 Å². The maximum atomic E-state index is 13.6. The second-order valence-corrected chi connectivity index (χ2v) is 6.31. The molecule has 146 valence electrons. The molecule has 1 heteroatoms. The average Bonchev–Trinajstić information content (AvgIpc) is 3.11. The smallest absolute Gasteiger partial charge is 0.196 e. The van der Waals surface area contributed by atoms with Crippen molar-refractivity contribution in [3.63, 3.8) is 0 Å². The van der Waals surface area contributed by atoms with Crippen molar-refractivity contribution in [3.05, 3.63) is 82.9 Å². The number of hydrogen-bond acceptors (Lipinski definition) is 1. The first-order chi connectivity index (χ1) is 15.8. The van der Waals surface area contributed by atoms with Crippen LogP contribution in [0.15, 0.2) is 71.8 Å². The van der Waals surface area contributed by atoms with Crippen molar-refractivity contribution in [2.45, 2.75) is 13.8 Å². The molecule has 0 saturated heterocycles. The van der Waals surface area contributed by atoms with Crippen molar-refractivity contribution in [1.29, 1.82) is 0 Å². The number of carbonyl (C=O) groups is 1. The zero-order valence-electron chi connectivity index (χ0n) is 17.7. The van der Waals surface area contributed by atoms with Gasteiger partial charge in [0.1, 0.15) is 0 Å². The average molecular weight is 404 g/mol. The lowest BCUT2D eigenvalue weighted by atomic mass is 9.96. The van der Waals surface area contributed by atoms with E-state index in [2.05, 4.69) is 71.0 Å². The third kappa shape index (κ3) is 5.10. The van der Waals surface area contributed by atoms with E-state index in [4.69, 9.17) is 0 Å². The van der Waals surface area contributed by atoms with Gasteiger partial charge >= 0.3 is 0 Å². The number of rotatable bonds is 2. The van der Waals surface area contributed by atoms with E-state index in [9.17, 15) is 4.79 Å². The monoisotopic (exact) mass is 404 g/mol. The molecule has 0 unspecified atom stereocenters. The molecule has 0 atom stereocenters. The summed E-state index contributed by atoms with van der Waals surface area (Å²) in [5.41, 5.74) is 3.63. The highest BCUT2D eigenvalue weighted by Crippen LogP contribution is 2.39. The van der Waals surface area contributed by atoms with Gasteiger partial charge in [0.2, 0.25) is 0 Å². The Bertz CT molecular complexity index is 1380. The third-order valence-electron chi connectivity index (χ3n) is 4.33. The molecule has 32 heavy (non-hydrogen) atoms. The minimum Gasteiger partial charge on any atom is -0.288 e. The molecule has 0 aromatic heterocycles. The van der Waals surface area contributed by atoms with Crippen LogP contribution in [-0.4, -0.2) is 5.78 Å². The van der Waals surface area contributed by atoms with Crippen LogP contribution < -0.4 is 0 Å². The van der Waals surface area contributed by atoms with Crippen LogP contribution in [0.1, 0.15) is 25.0 Å². The van der Waals surface area contributed by atoms with Crippen LogP contribution in [0, 0.1) is 71.0 Å². The van der Waals surface area contributed by atoms with Crippen molar-refractivity contribution in [3.8, 4) is 71.0 Å². The first-order valence-electron chi connectivity index (χ1n) is 9.78. The second kappa shape index (κ2) is 11.2. The summed E-state index contributed by atoms with van der Waals surface area (Å²) in [5, 5.41) is 0. The van der Waals surface area contributed by atoms with Gasteiger partial charge in [0, 0.05) is 11.1 Å². The first kappa shape index (κ1) is 21.7. The topological polar surface area (TPSA) is 17.1 Å². The normalized spacial score (nSPS) is 11.0. The molecular formula is C31H16O. The standard InChI is InChI=1S/C31H16O/c1-3-5-7-9-17-23-27-28(24-18-10-8-6-4-2)30(26-21-15-12-16-22-26)31(32)29(27)25-19-13-11-14-20-25/h11-16,19-22H,1-2H3. The third-order valence-corrected chi connectivity index (χ3v) is 4.33. The number of carbonyl (C=O) groups excluding carboxylic acids is 1. The Hall–Kier alpha value is -5.05. The van der Waals surface area contributed by atoms with Crippen LogP contribution in [-0.2, 0) is 4.79 Å². The summed E-state index contributed by atoms with van der Waals surface area (Å²) in [6, 6.07) is 18.9. The first-order valence-corrected chi connectivity index (χ1v) is 9.78. The van der Waals surface area contributed by atoms with Gasteiger partial charge in [-0.15, -0.1) is 0 Å². The summed E-state index contributed by atoms with van der Waals surface area (Å²) < 4.78 is 0. The Morgan fingerprint density at radius 1 is 0.500 bits per heavy atom. The Labute approximate surface area is 189 Å². The predicted octanol–water partition coefficient (Wildman–Crippen LogP) is 4.54. The lowest BCUT2D eigenvalue weighted by Gasteiger charge is -2.05. The highest BCUT2D eigenvalue weighted by Gasteiger charge is 2.32. The van der Waals surface area contributed by atoms with E-state index in [0.717, 1.165) is 11.1 Å². The van der Waals surface area contributed by atoms with E-state index in [1.807, 2.05) is 60.7 Å². The summed E-state index contributed by atoms with van der Waals surface area (Å²) in [6.45, 7) is 3.42. The fourth-order valence-corrected chi connectivity index (χ4v) is 3.05. The van der Waals surface area contributed by atoms with E-state index < -0.39 is 0 Å². The predicted molar refractivity (Wildman–Crippen MR) is 130 cm³/mol. The van der Waals surface area contributed by atoms with Crippen LogP contribution >= 0.6 is 0 Å². The molecule has 2 aromatic carbocycles. The van der Waals surface area contributed by atoms with Crippen molar-refractivity contribution in [2.75, 3.05) is 0 Å². The zero-order valence-corrected chi connectivity index (χ0v) is 17.7. The van der Waals surface area contributed by atoms with Crippen molar-refractivity contribution < 1.29 is 4.79 Å². The second-order valence-electron chi connectivity index (χ2n) is 6.31. The Kier molecular flexibility index (Phi) is 7.59. The number of hydrogen-bond donors (Lipinski definition) is 0. The van der Waals surface area contributed by atoms with Gasteiger partial charge in [-0.3, -0.25) is 4.79 Å². The molecule has 3 rings (SSSR count). The molecule has 0 spiro atoms. The van der Waals surface area contributed by atoms with Crippen LogP contribution in [0.2, 0.25) is 0 Å². The molecule has 0 amide bonds. The quantitative estimate of drug-likeness (QED) is 0.672. The summed E-state index contributed by atoms with van der Waals surface area (Å²) >= 11 is 0. The molecule has 1 aliphatic rings. The van der Waals surface area contributed by atoms with Gasteiger partial charge in [-0.25, -0.2) is 0 Å². The van der Waals surface area contributed by atoms with E-state index in [1.54, 1.807) is 13.8 Å². The highest BCUT2D eigenvalue weighted by molar-refractivity contribution is 6.48. The molecule has 1 aliphatic carbocycles. The molecule has 0 fully saturated rings. The molecule has 0 saturated carbocycles. The summed E-state index contributed by atoms with van der Waals surface area (Å²) in [6.07, 6.45) is 0. The molecular weight excluding hydrogens is 388 g/mol. The Morgan fingerprint density at radius 2 is 0.875 bits per heavy atom. The molecule has 0 bridgehead atoms. The fourth-order valence-electron chi connectivity index (χ4n) is 3.05. The number of Topliss-reactive ketones (excluding diaryl/α,β-unsaturated/α-hetero) is 1. The maximum absolute atomic E-state index is 13.6. The molecule has 2 aromatic rings. The van der Waals surface area contributed by atoms with E-state index >= 15 is 0 Å². The van der Waals surface area contributed by atoms with E-state index in [0.29, 0.717) is 22.3 Å².